The van der Waals surface area contributed by atoms with Crippen LogP contribution >= 0.6 is 11.3 Å². The van der Waals surface area contributed by atoms with Gasteiger partial charge in [-0.3, -0.25) is 0 Å². The van der Waals surface area contributed by atoms with Crippen LogP contribution in [0.3, 0.4) is 0 Å². The third kappa shape index (κ3) is 2.50. The van der Waals surface area contributed by atoms with E-state index in [9.17, 15) is 0 Å². The number of nitrogens with zero attached hydrogens (tertiary/aromatic N) is 1. The van der Waals surface area contributed by atoms with Crippen LogP contribution in [0.25, 0.3) is 91.5 Å². The molecule has 10 rings (SSSR count). The van der Waals surface area contributed by atoms with Gasteiger partial charge in [-0.25, -0.2) is 0 Å². The van der Waals surface area contributed by atoms with Crippen LogP contribution in [0.15, 0.2) is 124 Å². The van der Waals surface area contributed by atoms with Crippen molar-refractivity contribution < 1.29 is 8.83 Å². The summed E-state index contributed by atoms with van der Waals surface area (Å²) in [4.78, 5) is 0. The Kier molecular flexibility index (Phi) is 3.81. The SMILES string of the molecule is c1ccc2c(c1)oc1c3oc4ccccc4c3c3c(c4ccccc4n3-c3ccc4sc5ccccc5c4c3)c21. The molecule has 4 heterocycles. The van der Waals surface area contributed by atoms with Gasteiger partial charge in [-0.1, -0.05) is 72.8 Å². The molecule has 10 aromatic rings. The van der Waals surface area contributed by atoms with Crippen molar-refractivity contribution >= 4 is 97.2 Å². The van der Waals surface area contributed by atoms with Gasteiger partial charge in [0.05, 0.1) is 16.4 Å². The van der Waals surface area contributed by atoms with E-state index in [1.165, 1.54) is 36.5 Å². The van der Waals surface area contributed by atoms with Crippen molar-refractivity contribution in [2.75, 3.05) is 0 Å². The molecule has 0 saturated heterocycles. The van der Waals surface area contributed by atoms with Crippen LogP contribution in [0.4, 0.5) is 0 Å². The molecule has 0 aliphatic heterocycles. The molecule has 0 aliphatic rings. The average Bonchev–Trinajstić information content (AvgIpc) is 3.75. The fourth-order valence-corrected chi connectivity index (χ4v) is 7.83. The van der Waals surface area contributed by atoms with Crippen molar-refractivity contribution in [1.82, 2.24) is 4.57 Å². The molecule has 0 fully saturated rings. The highest BCUT2D eigenvalue weighted by Crippen LogP contribution is 2.49. The summed E-state index contributed by atoms with van der Waals surface area (Å²) in [6, 6.07) is 40.9. The Bertz CT molecular complexity index is 2660. The van der Waals surface area contributed by atoms with E-state index in [4.69, 9.17) is 8.83 Å². The highest BCUT2D eigenvalue weighted by Gasteiger charge is 2.26. The minimum Gasteiger partial charge on any atom is -0.452 e. The smallest absolute Gasteiger partial charge is 0.180 e. The van der Waals surface area contributed by atoms with E-state index in [-0.39, 0.29) is 0 Å². The molecule has 40 heavy (non-hydrogen) atoms. The number of furan rings is 2. The van der Waals surface area contributed by atoms with Crippen LogP contribution < -0.4 is 0 Å². The Morgan fingerprint density at radius 2 is 1.07 bits per heavy atom. The molecule has 0 spiro atoms. The number of rotatable bonds is 1. The highest BCUT2D eigenvalue weighted by atomic mass is 32.1. The molecule has 186 valence electrons. The van der Waals surface area contributed by atoms with E-state index in [0.717, 1.165) is 55.1 Å². The Hall–Kier alpha value is -5.06. The number of fused-ring (bicyclic) bond motifs is 15. The Balaban J connectivity index is 1.51. The van der Waals surface area contributed by atoms with Gasteiger partial charge < -0.3 is 13.4 Å². The topological polar surface area (TPSA) is 31.2 Å². The summed E-state index contributed by atoms with van der Waals surface area (Å²) in [6.07, 6.45) is 0. The summed E-state index contributed by atoms with van der Waals surface area (Å²) < 4.78 is 18.2. The zero-order valence-corrected chi connectivity index (χ0v) is 22.0. The lowest BCUT2D eigenvalue weighted by atomic mass is 10.0. The van der Waals surface area contributed by atoms with Crippen LogP contribution in [0.5, 0.6) is 0 Å². The molecule has 6 aromatic carbocycles. The maximum absolute atomic E-state index is 6.60. The third-order valence-corrected chi connectivity index (χ3v) is 9.53. The first-order valence-corrected chi connectivity index (χ1v) is 14.3. The molecule has 0 amide bonds. The van der Waals surface area contributed by atoms with Crippen LogP contribution in [0.1, 0.15) is 0 Å². The monoisotopic (exact) mass is 529 g/mol. The molecular formula is C36H19NO2S. The summed E-state index contributed by atoms with van der Waals surface area (Å²) in [5, 5.41) is 9.38. The maximum Gasteiger partial charge on any atom is 0.180 e. The van der Waals surface area contributed by atoms with Gasteiger partial charge in [0.25, 0.3) is 0 Å². The minimum absolute atomic E-state index is 0.797. The molecule has 0 radical (unpaired) electrons. The second-order valence-electron chi connectivity index (χ2n) is 10.5. The van der Waals surface area contributed by atoms with Crippen molar-refractivity contribution in [3.63, 3.8) is 0 Å². The lowest BCUT2D eigenvalue weighted by Crippen LogP contribution is -1.94. The van der Waals surface area contributed by atoms with Gasteiger partial charge in [-0.05, 0) is 42.5 Å². The number of thiophene rings is 1. The highest BCUT2D eigenvalue weighted by molar-refractivity contribution is 7.25. The average molecular weight is 530 g/mol. The number of para-hydroxylation sites is 3. The molecule has 0 saturated carbocycles. The fourth-order valence-electron chi connectivity index (χ4n) is 6.75. The van der Waals surface area contributed by atoms with E-state index in [1.54, 1.807) is 0 Å². The molecular weight excluding hydrogens is 510 g/mol. The second kappa shape index (κ2) is 7.32. The summed E-state index contributed by atoms with van der Waals surface area (Å²) in [6.45, 7) is 0. The standard InChI is InChI=1S/C36H19NO2S/c1-5-13-26-22(10-1)31-32-23-11-2-6-14-27(23)38-35(32)36-33(24-12-3-7-15-28(24)39-36)34(31)37(26)20-17-18-30-25(19-20)21-9-4-8-16-29(21)40-30/h1-19H. The van der Waals surface area contributed by atoms with Crippen molar-refractivity contribution in [2.24, 2.45) is 0 Å². The lowest BCUT2D eigenvalue weighted by molar-refractivity contribution is 0.633. The molecule has 4 aromatic heterocycles. The Labute approximate surface area is 231 Å². The molecule has 0 aliphatic carbocycles. The van der Waals surface area contributed by atoms with Crippen LogP contribution in [0.2, 0.25) is 0 Å². The van der Waals surface area contributed by atoms with Gasteiger partial charge in [-0.15, -0.1) is 11.3 Å². The van der Waals surface area contributed by atoms with Crippen LogP contribution in [0, 0.1) is 0 Å². The molecule has 0 bridgehead atoms. The fraction of sp³-hybridized carbons (Fsp3) is 0. The second-order valence-corrected chi connectivity index (χ2v) is 11.5. The zero-order chi connectivity index (χ0) is 25.9. The predicted octanol–water partition coefficient (Wildman–Crippen LogP) is 11.0. The Morgan fingerprint density at radius 3 is 1.88 bits per heavy atom. The van der Waals surface area contributed by atoms with Gasteiger partial charge in [-0.2, -0.15) is 0 Å². The van der Waals surface area contributed by atoms with E-state index in [1.807, 2.05) is 35.6 Å². The van der Waals surface area contributed by atoms with Gasteiger partial charge in [0.1, 0.15) is 11.2 Å². The van der Waals surface area contributed by atoms with Crippen molar-refractivity contribution in [3.8, 4) is 5.69 Å². The van der Waals surface area contributed by atoms with E-state index < -0.39 is 0 Å². The van der Waals surface area contributed by atoms with Gasteiger partial charge in [0.2, 0.25) is 0 Å². The van der Waals surface area contributed by atoms with Crippen LogP contribution in [-0.4, -0.2) is 4.57 Å². The van der Waals surface area contributed by atoms with Crippen LogP contribution in [-0.2, 0) is 0 Å². The van der Waals surface area contributed by atoms with E-state index in [0.29, 0.717) is 0 Å². The summed E-state index contributed by atoms with van der Waals surface area (Å²) >= 11 is 1.85. The molecule has 0 atom stereocenters. The normalized spacial score (nSPS) is 12.5. The number of hydrogen-bond donors (Lipinski definition) is 0. The summed E-state index contributed by atoms with van der Waals surface area (Å²) in [7, 11) is 0. The quantitative estimate of drug-likeness (QED) is 0.212. The van der Waals surface area contributed by atoms with E-state index in [2.05, 4.69) is 95.6 Å². The lowest BCUT2D eigenvalue weighted by Gasteiger charge is -2.09. The third-order valence-electron chi connectivity index (χ3n) is 8.38. The van der Waals surface area contributed by atoms with Crippen molar-refractivity contribution in [1.29, 1.82) is 0 Å². The van der Waals surface area contributed by atoms with Crippen molar-refractivity contribution in [2.45, 2.75) is 0 Å². The molecule has 3 nitrogen and oxygen atoms in total. The first-order chi connectivity index (χ1) is 19.8. The van der Waals surface area contributed by atoms with Gasteiger partial charge >= 0.3 is 0 Å². The molecule has 0 N–H and O–H groups in total. The largest absolute Gasteiger partial charge is 0.452 e. The first kappa shape index (κ1) is 20.8. The zero-order valence-electron chi connectivity index (χ0n) is 21.1. The van der Waals surface area contributed by atoms with Crippen molar-refractivity contribution in [3.05, 3.63) is 115 Å². The number of aromatic nitrogens is 1. The summed E-state index contributed by atoms with van der Waals surface area (Å²) in [5.41, 5.74) is 6.80. The molecule has 0 unspecified atom stereocenters. The number of hydrogen-bond acceptors (Lipinski definition) is 3. The minimum atomic E-state index is 0.797. The number of benzene rings is 6. The summed E-state index contributed by atoms with van der Waals surface area (Å²) in [5.74, 6) is 0. The van der Waals surface area contributed by atoms with Gasteiger partial charge in [0, 0.05) is 52.8 Å². The maximum atomic E-state index is 6.60. The first-order valence-electron chi connectivity index (χ1n) is 13.4. The predicted molar refractivity (Wildman–Crippen MR) is 168 cm³/mol. The Morgan fingerprint density at radius 1 is 0.475 bits per heavy atom. The molecule has 4 heteroatoms. The van der Waals surface area contributed by atoms with Gasteiger partial charge in [0.15, 0.2) is 11.2 Å². The van der Waals surface area contributed by atoms with E-state index >= 15 is 0 Å².